The molecule has 0 amide bonds. The normalized spacial score (nSPS) is 12.5. The van der Waals surface area contributed by atoms with Crippen LogP contribution in [0.2, 0.25) is 0 Å². The van der Waals surface area contributed by atoms with E-state index in [1.165, 1.54) is 184 Å². The lowest BCUT2D eigenvalue weighted by atomic mass is 9.82. The van der Waals surface area contributed by atoms with E-state index in [9.17, 15) is 0 Å². The second kappa shape index (κ2) is 35.2. The van der Waals surface area contributed by atoms with Gasteiger partial charge < -0.3 is 19.1 Å². The number of benzene rings is 23. The first-order valence-corrected chi connectivity index (χ1v) is 50.3. The molecule has 0 spiro atoms. The zero-order valence-electron chi connectivity index (χ0n) is 76.9. The van der Waals surface area contributed by atoms with Crippen LogP contribution >= 0.6 is 35.3 Å². The summed E-state index contributed by atoms with van der Waals surface area (Å²) in [6.45, 7) is 4.71. The third-order valence-corrected chi connectivity index (χ3v) is 31.8. The van der Waals surface area contributed by atoms with Crippen LogP contribution in [-0.2, 0) is 5.41 Å². The first kappa shape index (κ1) is 83.9. The molecule has 7 heteroatoms. The number of rotatable bonds is 14. The lowest BCUT2D eigenvalue weighted by molar-refractivity contribution is 0.660. The number of fused-ring (bicyclic) bond motifs is 13. The smallest absolute Gasteiger partial charge is 0.137 e. The molecule has 0 atom stereocenters. The molecular weight excluding hydrogens is 1750 g/mol. The summed E-state index contributed by atoms with van der Waals surface area (Å²) in [7, 11) is 0. The zero-order chi connectivity index (χ0) is 92.9. The fourth-order valence-corrected chi connectivity index (χ4v) is 24.9. The van der Waals surface area contributed by atoms with E-state index in [1.54, 1.807) is 0 Å². The summed E-state index contributed by atoms with van der Waals surface area (Å²) in [5, 5.41) is 12.7. The minimum absolute atomic E-state index is 0.0844. The van der Waals surface area contributed by atoms with Crippen LogP contribution in [-0.4, -0.2) is 0 Å². The van der Waals surface area contributed by atoms with Crippen LogP contribution in [0.4, 0.5) is 51.2 Å². The number of furan rings is 1. The predicted molar refractivity (Wildman–Crippen MR) is 594 cm³/mol. The van der Waals surface area contributed by atoms with Crippen molar-refractivity contribution in [1.82, 2.24) is 0 Å². The van der Waals surface area contributed by atoms with Gasteiger partial charge in [-0.15, -0.1) is 0 Å². The number of hydrogen-bond acceptors (Lipinski definition) is 7. The molecule has 4 aliphatic rings. The Hall–Kier alpha value is -16.7. The van der Waals surface area contributed by atoms with Gasteiger partial charge in [0, 0.05) is 119 Å². The number of para-hydroxylation sites is 2. The summed E-state index contributed by atoms with van der Waals surface area (Å²) in [6, 6.07) is 183. The van der Waals surface area contributed by atoms with Crippen LogP contribution in [0.25, 0.3) is 165 Å². The maximum Gasteiger partial charge on any atom is 0.137 e. The molecular formula is C133H89N3OS3. The fourth-order valence-electron chi connectivity index (χ4n) is 21.5. The average molecular weight is 1840 g/mol. The Morgan fingerprint density at radius 2 is 0.500 bits per heavy atom. The first-order chi connectivity index (χ1) is 69.1. The van der Waals surface area contributed by atoms with Gasteiger partial charge in [-0.05, 0) is 297 Å². The lowest BCUT2D eigenvalue weighted by Crippen LogP contribution is -2.16. The van der Waals surface area contributed by atoms with Gasteiger partial charge in [-0.2, -0.15) is 0 Å². The molecule has 0 bridgehead atoms. The van der Waals surface area contributed by atoms with Crippen molar-refractivity contribution >= 4 is 152 Å². The molecule has 3 aliphatic heterocycles. The van der Waals surface area contributed by atoms with E-state index in [2.05, 4.69) is 520 Å². The molecule has 660 valence electrons. The maximum absolute atomic E-state index is 6.25. The first-order valence-electron chi connectivity index (χ1n) is 47.9. The summed E-state index contributed by atoms with van der Waals surface area (Å²) in [5.41, 5.74) is 37.3. The van der Waals surface area contributed by atoms with Crippen molar-refractivity contribution in [1.29, 1.82) is 0 Å². The molecule has 28 rings (SSSR count). The molecule has 0 N–H and O–H groups in total. The Morgan fingerprint density at radius 3 is 1.03 bits per heavy atom. The van der Waals surface area contributed by atoms with Gasteiger partial charge in [-0.1, -0.05) is 383 Å². The molecule has 0 radical (unpaired) electrons. The Kier molecular flexibility index (Phi) is 21.1. The third-order valence-electron chi connectivity index (χ3n) is 28.4. The van der Waals surface area contributed by atoms with Crippen molar-refractivity contribution < 1.29 is 4.42 Å². The van der Waals surface area contributed by atoms with E-state index < -0.39 is 0 Å². The minimum atomic E-state index is -0.0844. The molecule has 0 saturated heterocycles. The number of hydrogen-bond donors (Lipinski definition) is 0. The maximum atomic E-state index is 6.25. The molecule has 0 fully saturated rings. The Labute approximate surface area is 827 Å². The van der Waals surface area contributed by atoms with E-state index in [0.717, 1.165) is 73.1 Å². The summed E-state index contributed by atoms with van der Waals surface area (Å²) in [5.74, 6) is 0. The van der Waals surface area contributed by atoms with Crippen LogP contribution in [0.1, 0.15) is 25.0 Å². The zero-order valence-corrected chi connectivity index (χ0v) is 79.3. The third kappa shape index (κ3) is 15.1. The highest BCUT2D eigenvalue weighted by molar-refractivity contribution is 8.00. The van der Waals surface area contributed by atoms with Crippen molar-refractivity contribution in [2.24, 2.45) is 0 Å². The molecule has 0 saturated carbocycles. The van der Waals surface area contributed by atoms with Crippen molar-refractivity contribution in [3.8, 4) is 100 Å². The SMILES string of the molecule is CC1(C)c2ccccc2-c2ccc(N(c3ccc(-c4ccc5c(c4)-c4cccc6cccc(c46)S5)cc3)c3cccc(-c4ccccc4)c3)cc21.c1ccc(-c2ccc(N(c3ccc(-c4ccc5c(c4)-c4cccc6cccc(c46)S5)cc3)c3cccc4ccccc34)cc2)cc1.c1ccc(N(c2ccc(-c3ccc4c(c3)-c3cccc5cccc(c35)S4)cc2)c2ccc3c(c2)oc2ccccc23)cc1. The van der Waals surface area contributed by atoms with Crippen LogP contribution in [0.5, 0.6) is 0 Å². The monoisotopic (exact) mass is 1840 g/mol. The van der Waals surface area contributed by atoms with E-state index in [-0.39, 0.29) is 5.41 Å². The highest BCUT2D eigenvalue weighted by atomic mass is 32.2. The minimum Gasteiger partial charge on any atom is -0.456 e. The van der Waals surface area contributed by atoms with E-state index in [1.807, 2.05) is 47.4 Å². The van der Waals surface area contributed by atoms with Gasteiger partial charge in [-0.25, -0.2) is 0 Å². The van der Waals surface area contributed by atoms with Gasteiger partial charge in [0.2, 0.25) is 0 Å². The molecule has 24 aromatic rings. The summed E-state index contributed by atoms with van der Waals surface area (Å²) in [6.07, 6.45) is 0. The van der Waals surface area contributed by atoms with Crippen molar-refractivity contribution in [3.05, 3.63) is 515 Å². The quantitative estimate of drug-likeness (QED) is 0.107. The highest BCUT2D eigenvalue weighted by Gasteiger charge is 2.37. The van der Waals surface area contributed by atoms with E-state index in [0.29, 0.717) is 0 Å². The van der Waals surface area contributed by atoms with Crippen molar-refractivity contribution in [2.45, 2.75) is 48.6 Å². The second-order valence-electron chi connectivity index (χ2n) is 36.9. The van der Waals surface area contributed by atoms with E-state index in [4.69, 9.17) is 4.42 Å². The lowest BCUT2D eigenvalue weighted by Gasteiger charge is -2.28. The molecule has 4 heterocycles. The van der Waals surface area contributed by atoms with Crippen LogP contribution in [0, 0.1) is 0 Å². The van der Waals surface area contributed by atoms with Gasteiger partial charge in [-0.3, -0.25) is 0 Å². The molecule has 4 nitrogen and oxygen atoms in total. The van der Waals surface area contributed by atoms with Crippen molar-refractivity contribution in [3.63, 3.8) is 0 Å². The van der Waals surface area contributed by atoms with Crippen LogP contribution in [0.3, 0.4) is 0 Å². The predicted octanol–water partition coefficient (Wildman–Crippen LogP) is 39.0. The number of nitrogens with zero attached hydrogens (tertiary/aromatic N) is 3. The Morgan fingerprint density at radius 1 is 0.179 bits per heavy atom. The van der Waals surface area contributed by atoms with Gasteiger partial charge in [0.15, 0.2) is 0 Å². The van der Waals surface area contributed by atoms with Gasteiger partial charge in [0.05, 0.1) is 5.69 Å². The van der Waals surface area contributed by atoms with Crippen LogP contribution in [0.15, 0.2) is 537 Å². The van der Waals surface area contributed by atoms with Gasteiger partial charge in [0.1, 0.15) is 11.2 Å². The standard InChI is InChI=1S/C49H35NS.C44H29NS.C40H25NOS/c1-49(2)44-19-7-6-17-40(44)41-27-26-39(31-45(41)49)50(38-16-8-15-35(29-38)32-11-4-3-5-12-32)37-24-21-33(22-25-37)36-23-28-46-43(30-36)42-18-9-13-34-14-10-20-47(51-46)48(34)42;1-2-9-30(10-3-1)31-19-24-36(25-20-31)45(41-17-7-12-33-11-4-5-15-38(33)41)37-26-21-32(22-27-37)35-23-28-42-40(29-35)39-16-6-13-34-14-8-18-43(46-42)44(34)39;1-2-10-29(11-3-1)41(31-21-22-33-32-12-4-5-14-36(32)42-37(33)25-31)30-19-16-26(17-20-30)28-18-23-38-35(24-28)34-13-6-8-27-9-7-15-39(43-38)40(27)34/h3-31H,1-2H3;1-29H;1-25H. The molecule has 1 aliphatic carbocycles. The van der Waals surface area contributed by atoms with Gasteiger partial charge >= 0.3 is 0 Å². The largest absolute Gasteiger partial charge is 0.456 e. The molecule has 1 aromatic heterocycles. The van der Waals surface area contributed by atoms with E-state index >= 15 is 0 Å². The summed E-state index contributed by atoms with van der Waals surface area (Å²) in [4.78, 5) is 15.0. The van der Waals surface area contributed by atoms with Crippen LogP contribution < -0.4 is 14.7 Å². The molecule has 0 unspecified atom stereocenters. The Bertz CT molecular complexity index is 8970. The average Bonchev–Trinajstić information content (AvgIpc) is 1.55. The summed E-state index contributed by atoms with van der Waals surface area (Å²) < 4.78 is 6.25. The second-order valence-corrected chi connectivity index (χ2v) is 40.2. The fraction of sp³-hybridized carbons (Fsp3) is 0.0226. The number of anilines is 9. The highest BCUT2D eigenvalue weighted by Crippen LogP contribution is 2.56. The van der Waals surface area contributed by atoms with Crippen molar-refractivity contribution in [2.75, 3.05) is 14.7 Å². The Balaban J connectivity index is 0.000000108. The molecule has 140 heavy (non-hydrogen) atoms. The topological polar surface area (TPSA) is 22.9 Å². The summed E-state index contributed by atoms with van der Waals surface area (Å²) >= 11 is 5.62. The van der Waals surface area contributed by atoms with Gasteiger partial charge in [0.25, 0.3) is 0 Å². The molecule has 23 aromatic carbocycles.